The van der Waals surface area contributed by atoms with Gasteiger partial charge in [0.25, 0.3) is 5.91 Å². The molecule has 0 bridgehead atoms. The van der Waals surface area contributed by atoms with E-state index in [2.05, 4.69) is 10.5 Å². The monoisotopic (exact) mass is 510 g/mol. The molecule has 0 aliphatic heterocycles. The number of nitrogens with one attached hydrogen (secondary N) is 1. The summed E-state index contributed by atoms with van der Waals surface area (Å²) in [7, 11) is 3.01. The maximum absolute atomic E-state index is 12.5. The van der Waals surface area contributed by atoms with Crippen LogP contribution in [0, 0.1) is 0 Å². The van der Waals surface area contributed by atoms with Crippen molar-refractivity contribution in [3.63, 3.8) is 0 Å². The molecule has 4 rings (SSSR count). The van der Waals surface area contributed by atoms with Crippen LogP contribution in [0.3, 0.4) is 0 Å². The average molecular weight is 511 g/mol. The summed E-state index contributed by atoms with van der Waals surface area (Å²) in [5.74, 6) is 0.859. The number of methoxy groups -OCH3 is 2. The molecule has 0 heterocycles. The molecule has 4 aromatic carbocycles. The van der Waals surface area contributed by atoms with Crippen molar-refractivity contribution in [2.45, 2.75) is 0 Å². The third-order valence-corrected chi connectivity index (χ3v) is 5.45. The Hall–Kier alpha value is -5.11. The van der Waals surface area contributed by atoms with Crippen molar-refractivity contribution in [3.8, 4) is 34.1 Å². The SMILES string of the molecule is COc1ccc(C(=O)Oc2ccc(/C=N\NC(=O)COc3ccc(-c4ccccc4)cc3)cc2OC)cc1. The van der Waals surface area contributed by atoms with Crippen molar-refractivity contribution in [2.24, 2.45) is 5.10 Å². The van der Waals surface area contributed by atoms with Gasteiger partial charge in [0.05, 0.1) is 26.0 Å². The number of esters is 1. The van der Waals surface area contributed by atoms with E-state index < -0.39 is 11.9 Å². The number of hydrogen-bond acceptors (Lipinski definition) is 7. The zero-order chi connectivity index (χ0) is 26.7. The fourth-order valence-electron chi connectivity index (χ4n) is 3.47. The first kappa shape index (κ1) is 26.0. The van der Waals surface area contributed by atoms with Gasteiger partial charge in [0.15, 0.2) is 18.1 Å². The van der Waals surface area contributed by atoms with Gasteiger partial charge in [0.2, 0.25) is 0 Å². The molecule has 38 heavy (non-hydrogen) atoms. The standard InChI is InChI=1S/C30H26N2O6/c1-35-25-13-11-24(12-14-25)30(34)38-27-17-8-21(18-28(27)36-2)19-31-32-29(33)20-37-26-15-9-23(10-16-26)22-6-4-3-5-7-22/h3-19H,20H2,1-2H3,(H,32,33)/b31-19-. The van der Waals surface area contributed by atoms with Crippen molar-refractivity contribution < 1.29 is 28.5 Å². The highest BCUT2D eigenvalue weighted by Gasteiger charge is 2.13. The third-order valence-electron chi connectivity index (χ3n) is 5.45. The van der Waals surface area contributed by atoms with E-state index in [-0.39, 0.29) is 12.4 Å². The van der Waals surface area contributed by atoms with Crippen molar-refractivity contribution in [2.75, 3.05) is 20.8 Å². The molecular formula is C30H26N2O6. The second-order valence-corrected chi connectivity index (χ2v) is 8.00. The van der Waals surface area contributed by atoms with Crippen LogP contribution in [-0.4, -0.2) is 38.9 Å². The van der Waals surface area contributed by atoms with Crippen molar-refractivity contribution in [3.05, 3.63) is 108 Å². The van der Waals surface area contributed by atoms with Crippen LogP contribution in [0.1, 0.15) is 15.9 Å². The lowest BCUT2D eigenvalue weighted by molar-refractivity contribution is -0.123. The summed E-state index contributed by atoms with van der Waals surface area (Å²) in [6.45, 7) is -0.189. The van der Waals surface area contributed by atoms with Gasteiger partial charge in [-0.05, 0) is 71.3 Å². The number of amides is 1. The van der Waals surface area contributed by atoms with Crippen LogP contribution in [0.4, 0.5) is 0 Å². The van der Waals surface area contributed by atoms with E-state index in [9.17, 15) is 9.59 Å². The van der Waals surface area contributed by atoms with E-state index >= 15 is 0 Å². The van der Waals surface area contributed by atoms with E-state index in [1.54, 1.807) is 49.6 Å². The third kappa shape index (κ3) is 6.98. The van der Waals surface area contributed by atoms with Crippen LogP contribution >= 0.6 is 0 Å². The van der Waals surface area contributed by atoms with Crippen LogP contribution in [0.25, 0.3) is 11.1 Å². The van der Waals surface area contributed by atoms with Gasteiger partial charge in [-0.3, -0.25) is 4.79 Å². The normalized spacial score (nSPS) is 10.6. The summed E-state index contributed by atoms with van der Waals surface area (Å²) in [5, 5.41) is 3.96. The Morgan fingerprint density at radius 1 is 0.763 bits per heavy atom. The van der Waals surface area contributed by atoms with Crippen molar-refractivity contribution in [1.82, 2.24) is 5.43 Å². The van der Waals surface area contributed by atoms with E-state index in [4.69, 9.17) is 18.9 Å². The van der Waals surface area contributed by atoms with Gasteiger partial charge in [-0.25, -0.2) is 10.2 Å². The van der Waals surface area contributed by atoms with E-state index in [0.717, 1.165) is 11.1 Å². The molecule has 0 saturated carbocycles. The molecule has 0 unspecified atom stereocenters. The van der Waals surface area contributed by atoms with Crippen molar-refractivity contribution >= 4 is 18.1 Å². The zero-order valence-electron chi connectivity index (χ0n) is 20.9. The number of ether oxygens (including phenoxy) is 4. The predicted molar refractivity (Wildman–Crippen MR) is 144 cm³/mol. The fourth-order valence-corrected chi connectivity index (χ4v) is 3.47. The van der Waals surface area contributed by atoms with Crippen LogP contribution in [0.15, 0.2) is 102 Å². The first-order chi connectivity index (χ1) is 18.6. The Morgan fingerprint density at radius 3 is 2.13 bits per heavy atom. The zero-order valence-corrected chi connectivity index (χ0v) is 20.9. The Labute approximate surface area is 220 Å². The lowest BCUT2D eigenvalue weighted by Gasteiger charge is -2.10. The van der Waals surface area contributed by atoms with E-state index in [1.165, 1.54) is 13.3 Å². The largest absolute Gasteiger partial charge is 0.497 e. The van der Waals surface area contributed by atoms with Gasteiger partial charge in [0, 0.05) is 0 Å². The molecule has 4 aromatic rings. The van der Waals surface area contributed by atoms with Crippen LogP contribution in [0.5, 0.6) is 23.0 Å². The Balaban J connectivity index is 1.28. The van der Waals surface area contributed by atoms with Crippen LogP contribution in [0.2, 0.25) is 0 Å². The molecule has 0 fully saturated rings. The molecule has 0 saturated heterocycles. The Kier molecular flexibility index (Phi) is 8.70. The summed E-state index contributed by atoms with van der Waals surface area (Å²) in [6.07, 6.45) is 1.45. The topological polar surface area (TPSA) is 95.5 Å². The highest BCUT2D eigenvalue weighted by molar-refractivity contribution is 5.92. The van der Waals surface area contributed by atoms with Gasteiger partial charge in [-0.15, -0.1) is 0 Å². The summed E-state index contributed by atoms with van der Waals surface area (Å²) in [6, 6.07) is 29.0. The van der Waals surface area contributed by atoms with Gasteiger partial charge in [-0.1, -0.05) is 42.5 Å². The second-order valence-electron chi connectivity index (χ2n) is 8.00. The molecule has 0 spiro atoms. The number of nitrogens with zero attached hydrogens (tertiary/aromatic N) is 1. The number of benzene rings is 4. The molecule has 0 aliphatic carbocycles. The number of hydrazone groups is 1. The number of rotatable bonds is 10. The lowest BCUT2D eigenvalue weighted by atomic mass is 10.1. The highest BCUT2D eigenvalue weighted by Crippen LogP contribution is 2.28. The average Bonchev–Trinajstić information content (AvgIpc) is 2.97. The molecule has 0 radical (unpaired) electrons. The minimum Gasteiger partial charge on any atom is -0.497 e. The summed E-state index contributed by atoms with van der Waals surface area (Å²) in [5.41, 5.74) is 5.58. The fraction of sp³-hybridized carbons (Fsp3) is 0.100. The Morgan fingerprint density at radius 2 is 1.45 bits per heavy atom. The van der Waals surface area contributed by atoms with Crippen LogP contribution < -0.4 is 24.4 Å². The molecule has 8 heteroatoms. The molecule has 1 N–H and O–H groups in total. The summed E-state index contributed by atoms with van der Waals surface area (Å²) < 4.78 is 21.4. The van der Waals surface area contributed by atoms with Gasteiger partial charge >= 0.3 is 5.97 Å². The quantitative estimate of drug-likeness (QED) is 0.138. The Bertz CT molecular complexity index is 1400. The molecule has 1 amide bonds. The minimum absolute atomic E-state index is 0.189. The minimum atomic E-state index is -0.533. The van der Waals surface area contributed by atoms with Crippen LogP contribution in [-0.2, 0) is 4.79 Å². The number of carbonyl (C=O) groups is 2. The van der Waals surface area contributed by atoms with E-state index in [1.807, 2.05) is 54.6 Å². The molecule has 0 aromatic heterocycles. The first-order valence-corrected chi connectivity index (χ1v) is 11.7. The smallest absolute Gasteiger partial charge is 0.343 e. The van der Waals surface area contributed by atoms with E-state index in [0.29, 0.717) is 28.4 Å². The number of carbonyl (C=O) groups excluding carboxylic acids is 2. The first-order valence-electron chi connectivity index (χ1n) is 11.7. The predicted octanol–water partition coefficient (Wildman–Crippen LogP) is 5.12. The summed E-state index contributed by atoms with van der Waals surface area (Å²) in [4.78, 5) is 24.6. The maximum atomic E-state index is 12.5. The highest BCUT2D eigenvalue weighted by atomic mass is 16.6. The van der Waals surface area contributed by atoms with Crippen molar-refractivity contribution in [1.29, 1.82) is 0 Å². The lowest BCUT2D eigenvalue weighted by Crippen LogP contribution is -2.24. The number of hydrogen-bond donors (Lipinski definition) is 1. The molecule has 0 atom stereocenters. The maximum Gasteiger partial charge on any atom is 0.343 e. The molecule has 0 aliphatic rings. The van der Waals surface area contributed by atoms with Gasteiger partial charge in [0.1, 0.15) is 11.5 Å². The summed E-state index contributed by atoms with van der Waals surface area (Å²) >= 11 is 0. The molecular weight excluding hydrogens is 484 g/mol. The van der Waals surface area contributed by atoms with Gasteiger partial charge in [-0.2, -0.15) is 5.10 Å². The molecule has 192 valence electrons. The molecule has 8 nitrogen and oxygen atoms in total. The van der Waals surface area contributed by atoms with Gasteiger partial charge < -0.3 is 18.9 Å². The second kappa shape index (κ2) is 12.7.